The van der Waals surface area contributed by atoms with Gasteiger partial charge in [-0.15, -0.1) is 10.2 Å². The number of nitrogens with one attached hydrogen (secondary N) is 1. The van der Waals surface area contributed by atoms with Gasteiger partial charge in [0.1, 0.15) is 5.82 Å². The summed E-state index contributed by atoms with van der Waals surface area (Å²) in [6, 6.07) is 6.07. The molecule has 0 radical (unpaired) electrons. The molecule has 1 unspecified atom stereocenters. The molecule has 7 nitrogen and oxygen atoms in total. The van der Waals surface area contributed by atoms with Crippen molar-refractivity contribution >= 4 is 46.7 Å². The van der Waals surface area contributed by atoms with Gasteiger partial charge < -0.3 is 10.1 Å². The molecule has 1 fully saturated rings. The summed E-state index contributed by atoms with van der Waals surface area (Å²) in [7, 11) is 0. The Morgan fingerprint density at radius 1 is 1.31 bits per heavy atom. The van der Waals surface area contributed by atoms with Crippen molar-refractivity contribution in [2.75, 3.05) is 17.7 Å². The summed E-state index contributed by atoms with van der Waals surface area (Å²) >= 11 is 13.5. The van der Waals surface area contributed by atoms with E-state index in [1.54, 1.807) is 19.1 Å². The van der Waals surface area contributed by atoms with Crippen LogP contribution in [0.5, 0.6) is 0 Å². The second kappa shape index (κ2) is 10.2. The van der Waals surface area contributed by atoms with Crippen molar-refractivity contribution in [1.29, 1.82) is 0 Å². The number of carbonyl (C=O) groups is 1. The highest BCUT2D eigenvalue weighted by Crippen LogP contribution is 2.30. The molecule has 1 saturated heterocycles. The molecule has 0 aliphatic carbocycles. The maximum Gasteiger partial charge on any atom is 0.236 e. The third-order valence-corrected chi connectivity index (χ3v) is 6.83. The quantitative estimate of drug-likeness (QED) is 0.464. The van der Waals surface area contributed by atoms with Gasteiger partial charge in [0.15, 0.2) is 16.8 Å². The lowest BCUT2D eigenvalue weighted by atomic mass is 10.2. The molecule has 168 valence electrons. The van der Waals surface area contributed by atoms with Crippen LogP contribution in [0.2, 0.25) is 10.0 Å². The fourth-order valence-corrected chi connectivity index (χ4v) is 4.44. The summed E-state index contributed by atoms with van der Waals surface area (Å²) < 4.78 is 21.1. The van der Waals surface area contributed by atoms with Crippen LogP contribution in [0.1, 0.15) is 18.4 Å². The number of pyridine rings is 1. The predicted octanol–water partition coefficient (Wildman–Crippen LogP) is 5.00. The van der Waals surface area contributed by atoms with Crippen LogP contribution in [0.3, 0.4) is 0 Å². The van der Waals surface area contributed by atoms with E-state index in [0.717, 1.165) is 25.0 Å². The molecule has 1 amide bonds. The van der Waals surface area contributed by atoms with Gasteiger partial charge in [0.05, 0.1) is 28.4 Å². The second-order valence-electron chi connectivity index (χ2n) is 7.29. The number of aromatic nitrogens is 4. The van der Waals surface area contributed by atoms with Crippen LogP contribution in [0, 0.1) is 12.7 Å². The average Bonchev–Trinajstić information content (AvgIpc) is 3.44. The molecule has 1 atom stereocenters. The first-order valence-electron chi connectivity index (χ1n) is 9.96. The van der Waals surface area contributed by atoms with Crippen molar-refractivity contribution in [2.45, 2.75) is 37.6 Å². The van der Waals surface area contributed by atoms with E-state index >= 15 is 0 Å². The number of nitrogens with zero attached hydrogens (tertiary/aromatic N) is 4. The molecule has 1 aliphatic heterocycles. The molecule has 0 saturated carbocycles. The Kier molecular flexibility index (Phi) is 7.30. The number of thioether (sulfide) groups is 1. The number of halogens is 3. The fraction of sp³-hybridized carbons (Fsp3) is 0.333. The van der Waals surface area contributed by atoms with E-state index in [2.05, 4.69) is 20.5 Å². The maximum atomic E-state index is 13.4. The van der Waals surface area contributed by atoms with Gasteiger partial charge in [0.25, 0.3) is 0 Å². The number of benzene rings is 1. The summed E-state index contributed by atoms with van der Waals surface area (Å²) in [4.78, 5) is 16.6. The summed E-state index contributed by atoms with van der Waals surface area (Å²) in [6.07, 6.45) is 3.42. The molecular weight excluding hydrogens is 476 g/mol. The van der Waals surface area contributed by atoms with Crippen LogP contribution < -0.4 is 5.32 Å². The highest BCUT2D eigenvalue weighted by molar-refractivity contribution is 7.99. The molecule has 1 aromatic carbocycles. The minimum atomic E-state index is -0.324. The molecular formula is C21H20Cl2FN5O2S. The SMILES string of the molecule is Cc1c(Cl)cnc(NC(=O)CSc2nnc(-c3ccc(F)cc3)n2CC2CCCO2)c1Cl. The van der Waals surface area contributed by atoms with Crippen molar-refractivity contribution < 1.29 is 13.9 Å². The molecule has 3 aromatic rings. The van der Waals surface area contributed by atoms with E-state index in [1.807, 2.05) is 4.57 Å². The minimum absolute atomic E-state index is 0.0402. The van der Waals surface area contributed by atoms with Crippen LogP contribution in [0.4, 0.5) is 10.2 Å². The van der Waals surface area contributed by atoms with Crippen LogP contribution in [0.25, 0.3) is 11.4 Å². The van der Waals surface area contributed by atoms with Gasteiger partial charge in [0.2, 0.25) is 5.91 Å². The van der Waals surface area contributed by atoms with E-state index in [0.29, 0.717) is 33.1 Å². The zero-order valence-electron chi connectivity index (χ0n) is 17.1. The molecule has 1 N–H and O–H groups in total. The molecule has 0 spiro atoms. The number of amides is 1. The van der Waals surface area contributed by atoms with Crippen molar-refractivity contribution in [3.63, 3.8) is 0 Å². The lowest BCUT2D eigenvalue weighted by Crippen LogP contribution is -2.18. The van der Waals surface area contributed by atoms with Crippen LogP contribution >= 0.6 is 35.0 Å². The van der Waals surface area contributed by atoms with E-state index < -0.39 is 0 Å². The van der Waals surface area contributed by atoms with E-state index in [-0.39, 0.29) is 29.4 Å². The van der Waals surface area contributed by atoms with Gasteiger partial charge in [-0.3, -0.25) is 9.36 Å². The summed E-state index contributed by atoms with van der Waals surface area (Å²) in [5, 5.41) is 12.6. The first-order valence-corrected chi connectivity index (χ1v) is 11.7. The van der Waals surface area contributed by atoms with Gasteiger partial charge in [-0.2, -0.15) is 0 Å². The molecule has 1 aliphatic rings. The third kappa shape index (κ3) is 5.23. The van der Waals surface area contributed by atoms with Crippen LogP contribution in [-0.4, -0.2) is 44.1 Å². The number of hydrogen-bond donors (Lipinski definition) is 1. The number of ether oxygens (including phenoxy) is 1. The van der Waals surface area contributed by atoms with Crippen LogP contribution in [-0.2, 0) is 16.1 Å². The van der Waals surface area contributed by atoms with E-state index in [9.17, 15) is 9.18 Å². The summed E-state index contributed by atoms with van der Waals surface area (Å²) in [6.45, 7) is 3.02. The Bertz CT molecular complexity index is 1120. The van der Waals surface area contributed by atoms with E-state index in [4.69, 9.17) is 27.9 Å². The highest BCUT2D eigenvalue weighted by atomic mass is 35.5. The smallest absolute Gasteiger partial charge is 0.236 e. The molecule has 3 heterocycles. The van der Waals surface area contributed by atoms with Crippen molar-refractivity contribution in [1.82, 2.24) is 19.7 Å². The third-order valence-electron chi connectivity index (χ3n) is 5.02. The molecule has 0 bridgehead atoms. The van der Waals surface area contributed by atoms with Crippen molar-refractivity contribution in [3.05, 3.63) is 51.9 Å². The largest absolute Gasteiger partial charge is 0.376 e. The van der Waals surface area contributed by atoms with Crippen molar-refractivity contribution in [3.8, 4) is 11.4 Å². The Balaban J connectivity index is 1.50. The maximum absolute atomic E-state index is 13.4. The van der Waals surface area contributed by atoms with E-state index in [1.165, 1.54) is 30.1 Å². The summed E-state index contributed by atoms with van der Waals surface area (Å²) in [5.41, 5.74) is 1.38. The standard InChI is InChI=1S/C21H20Cl2FN5O2S/c1-12-16(22)9-25-19(18(12)23)26-17(30)11-32-21-28-27-20(13-4-6-14(24)7-5-13)29(21)10-15-3-2-8-31-15/h4-7,9,15H,2-3,8,10-11H2,1H3,(H,25,26,30). The zero-order chi connectivity index (χ0) is 22.7. The normalized spacial score (nSPS) is 15.8. The molecule has 2 aromatic heterocycles. The predicted molar refractivity (Wildman–Crippen MR) is 123 cm³/mol. The monoisotopic (exact) mass is 495 g/mol. The van der Waals surface area contributed by atoms with Gasteiger partial charge in [-0.05, 0) is 49.6 Å². The first-order chi connectivity index (χ1) is 15.4. The molecule has 32 heavy (non-hydrogen) atoms. The number of anilines is 1. The number of rotatable bonds is 7. The average molecular weight is 496 g/mol. The van der Waals surface area contributed by atoms with Crippen molar-refractivity contribution in [2.24, 2.45) is 0 Å². The topological polar surface area (TPSA) is 81.9 Å². The van der Waals surface area contributed by atoms with Crippen LogP contribution in [0.15, 0.2) is 35.6 Å². The lowest BCUT2D eigenvalue weighted by molar-refractivity contribution is -0.113. The molecule has 11 heteroatoms. The lowest BCUT2D eigenvalue weighted by Gasteiger charge is -2.15. The van der Waals surface area contributed by atoms with Gasteiger partial charge >= 0.3 is 0 Å². The van der Waals surface area contributed by atoms with Gasteiger partial charge in [0, 0.05) is 18.4 Å². The zero-order valence-corrected chi connectivity index (χ0v) is 19.5. The first kappa shape index (κ1) is 23.0. The summed E-state index contributed by atoms with van der Waals surface area (Å²) in [5.74, 6) is 0.316. The highest BCUT2D eigenvalue weighted by Gasteiger charge is 2.22. The Morgan fingerprint density at radius 3 is 2.81 bits per heavy atom. The molecule has 4 rings (SSSR count). The van der Waals surface area contributed by atoms with Gasteiger partial charge in [-0.25, -0.2) is 9.37 Å². The number of carbonyl (C=O) groups excluding carboxylic acids is 1. The Hall–Kier alpha value is -2.20. The Morgan fingerprint density at radius 2 is 2.09 bits per heavy atom. The minimum Gasteiger partial charge on any atom is -0.376 e. The number of hydrogen-bond acceptors (Lipinski definition) is 6. The Labute approximate surface area is 198 Å². The second-order valence-corrected chi connectivity index (χ2v) is 9.02. The van der Waals surface area contributed by atoms with Gasteiger partial charge in [-0.1, -0.05) is 35.0 Å². The fourth-order valence-electron chi connectivity index (χ4n) is 3.31.